The largest absolute Gasteiger partial charge is 0.357 e. The Balaban J connectivity index is 1.65. The van der Waals surface area contributed by atoms with Crippen LogP contribution >= 0.6 is 11.8 Å². The van der Waals surface area contributed by atoms with Crippen molar-refractivity contribution >= 4 is 29.3 Å². The molecular formula is C21H32N4OS. The van der Waals surface area contributed by atoms with Crippen LogP contribution in [0.15, 0.2) is 29.3 Å². The number of guanidine groups is 1. The molecule has 0 aromatic heterocycles. The number of hydrogen-bond acceptors (Lipinski definition) is 3. The molecule has 0 bridgehead atoms. The smallest absolute Gasteiger partial charge is 0.227 e. The van der Waals surface area contributed by atoms with Crippen LogP contribution in [-0.4, -0.2) is 46.9 Å². The number of aliphatic imine (C=N–C) groups is 1. The third-order valence-corrected chi connectivity index (χ3v) is 6.44. The summed E-state index contributed by atoms with van der Waals surface area (Å²) >= 11 is 2.03. The topological polar surface area (TPSA) is 56.7 Å². The highest BCUT2D eigenvalue weighted by Crippen LogP contribution is 2.30. The molecule has 5 nitrogen and oxygen atoms in total. The highest BCUT2D eigenvalue weighted by molar-refractivity contribution is 8.00. The zero-order chi connectivity index (χ0) is 19.3. The number of carbonyl (C=O) groups excluding carboxylic acids is 1. The number of rotatable bonds is 5. The van der Waals surface area contributed by atoms with Crippen LogP contribution in [0.25, 0.3) is 0 Å². The monoisotopic (exact) mass is 388 g/mol. The van der Waals surface area contributed by atoms with E-state index < -0.39 is 0 Å². The van der Waals surface area contributed by atoms with Crippen LogP contribution in [0.3, 0.4) is 0 Å². The van der Waals surface area contributed by atoms with E-state index in [0.29, 0.717) is 6.54 Å². The normalized spacial score (nSPS) is 20.1. The summed E-state index contributed by atoms with van der Waals surface area (Å²) in [7, 11) is 0. The molecule has 6 heteroatoms. The van der Waals surface area contributed by atoms with Crippen LogP contribution in [0.5, 0.6) is 0 Å². The van der Waals surface area contributed by atoms with Gasteiger partial charge < -0.3 is 15.5 Å². The number of anilines is 1. The molecule has 148 valence electrons. The summed E-state index contributed by atoms with van der Waals surface area (Å²) in [6.07, 6.45) is 3.21. The van der Waals surface area contributed by atoms with Crippen molar-refractivity contribution in [3.8, 4) is 0 Å². The predicted molar refractivity (Wildman–Crippen MR) is 115 cm³/mol. The molecule has 2 fully saturated rings. The van der Waals surface area contributed by atoms with Gasteiger partial charge in [-0.15, -0.1) is 0 Å². The molecule has 0 unspecified atom stereocenters. The fourth-order valence-corrected chi connectivity index (χ4v) is 4.56. The van der Waals surface area contributed by atoms with E-state index in [1.807, 2.05) is 30.0 Å². The van der Waals surface area contributed by atoms with E-state index in [1.54, 1.807) is 0 Å². The summed E-state index contributed by atoms with van der Waals surface area (Å²) in [5.41, 5.74) is 1.99. The van der Waals surface area contributed by atoms with E-state index in [1.165, 1.54) is 6.42 Å². The molecular weight excluding hydrogens is 356 g/mol. The summed E-state index contributed by atoms with van der Waals surface area (Å²) in [4.78, 5) is 19.4. The van der Waals surface area contributed by atoms with E-state index >= 15 is 0 Å². The maximum atomic E-state index is 12.2. The van der Waals surface area contributed by atoms with Gasteiger partial charge in [-0.2, -0.15) is 11.8 Å². The van der Waals surface area contributed by atoms with E-state index in [9.17, 15) is 4.79 Å². The van der Waals surface area contributed by atoms with Gasteiger partial charge >= 0.3 is 0 Å². The van der Waals surface area contributed by atoms with Crippen molar-refractivity contribution < 1.29 is 4.79 Å². The highest BCUT2D eigenvalue weighted by atomic mass is 32.2. The minimum absolute atomic E-state index is 0.156. The van der Waals surface area contributed by atoms with Gasteiger partial charge in [0.1, 0.15) is 0 Å². The van der Waals surface area contributed by atoms with Crippen LogP contribution in [0.4, 0.5) is 5.69 Å². The summed E-state index contributed by atoms with van der Waals surface area (Å²) in [5, 5.41) is 6.49. The molecule has 2 N–H and O–H groups in total. The van der Waals surface area contributed by atoms with Gasteiger partial charge in [-0.1, -0.05) is 18.6 Å². The molecule has 0 radical (unpaired) electrons. The van der Waals surface area contributed by atoms with Gasteiger partial charge in [-0.3, -0.25) is 4.79 Å². The Labute approximate surface area is 167 Å². The summed E-state index contributed by atoms with van der Waals surface area (Å²) in [5.74, 6) is 2.46. The molecule has 1 aromatic rings. The summed E-state index contributed by atoms with van der Waals surface area (Å²) in [6.45, 7) is 10.2. The first-order valence-corrected chi connectivity index (χ1v) is 11.0. The van der Waals surface area contributed by atoms with Crippen LogP contribution in [0, 0.1) is 5.92 Å². The first-order valence-electron chi connectivity index (χ1n) is 10.0. The highest BCUT2D eigenvalue weighted by Gasteiger charge is 2.28. The lowest BCUT2D eigenvalue weighted by atomic mass is 9.85. The molecule has 27 heavy (non-hydrogen) atoms. The Bertz CT molecular complexity index is 685. The SMILES string of the molecule is CCNC(=NCc1cccc(NC(=O)C2CCC2)c1)N1CCSC(C)(C)C1. The second kappa shape index (κ2) is 9.00. The molecule has 0 atom stereocenters. The lowest BCUT2D eigenvalue weighted by Crippen LogP contribution is -2.50. The molecule has 1 aromatic carbocycles. The maximum Gasteiger partial charge on any atom is 0.227 e. The molecule has 1 saturated heterocycles. The quantitative estimate of drug-likeness (QED) is 0.596. The van der Waals surface area contributed by atoms with Crippen molar-refractivity contribution in [3.63, 3.8) is 0 Å². The Kier molecular flexibility index (Phi) is 6.68. The van der Waals surface area contributed by atoms with Crippen molar-refractivity contribution in [3.05, 3.63) is 29.8 Å². The second-order valence-electron chi connectivity index (χ2n) is 8.02. The van der Waals surface area contributed by atoms with Gasteiger partial charge in [-0.05, 0) is 51.3 Å². The van der Waals surface area contributed by atoms with Gasteiger partial charge in [0.25, 0.3) is 0 Å². The van der Waals surface area contributed by atoms with Crippen molar-refractivity contribution in [2.24, 2.45) is 10.9 Å². The van der Waals surface area contributed by atoms with Crippen LogP contribution in [0.2, 0.25) is 0 Å². The lowest BCUT2D eigenvalue weighted by Gasteiger charge is -2.39. The number of benzene rings is 1. The van der Waals surface area contributed by atoms with Crippen LogP contribution in [0.1, 0.15) is 45.6 Å². The minimum atomic E-state index is 0.156. The Morgan fingerprint density at radius 2 is 2.19 bits per heavy atom. The minimum Gasteiger partial charge on any atom is -0.357 e. The summed E-state index contributed by atoms with van der Waals surface area (Å²) < 4.78 is 0.250. The summed E-state index contributed by atoms with van der Waals surface area (Å²) in [6, 6.07) is 8.07. The molecule has 2 aliphatic rings. The average molecular weight is 389 g/mol. The maximum absolute atomic E-state index is 12.2. The van der Waals surface area contributed by atoms with Crippen LogP contribution in [-0.2, 0) is 11.3 Å². The molecule has 3 rings (SSSR count). The predicted octanol–water partition coefficient (Wildman–Crippen LogP) is 3.72. The lowest BCUT2D eigenvalue weighted by molar-refractivity contribution is -0.122. The molecule has 0 spiro atoms. The van der Waals surface area contributed by atoms with Gasteiger partial charge in [0.2, 0.25) is 5.91 Å². The fraction of sp³-hybridized carbons (Fsp3) is 0.619. The first kappa shape index (κ1) is 20.1. The third-order valence-electron chi connectivity index (χ3n) is 5.14. The third kappa shape index (κ3) is 5.64. The van der Waals surface area contributed by atoms with Crippen molar-refractivity contribution in [1.29, 1.82) is 0 Å². The number of nitrogens with zero attached hydrogens (tertiary/aromatic N) is 2. The van der Waals surface area contributed by atoms with Crippen molar-refractivity contribution in [2.45, 2.75) is 51.3 Å². The van der Waals surface area contributed by atoms with E-state index in [2.05, 4.69) is 42.4 Å². The Morgan fingerprint density at radius 3 is 2.85 bits per heavy atom. The molecule has 1 saturated carbocycles. The second-order valence-corrected chi connectivity index (χ2v) is 9.82. The number of amides is 1. The number of thioether (sulfide) groups is 1. The zero-order valence-electron chi connectivity index (χ0n) is 16.8. The van der Waals surface area contributed by atoms with Gasteiger partial charge in [0.15, 0.2) is 5.96 Å². The van der Waals surface area contributed by atoms with Crippen molar-refractivity contribution in [1.82, 2.24) is 10.2 Å². The van der Waals surface area contributed by atoms with E-state index in [0.717, 1.165) is 55.4 Å². The average Bonchev–Trinajstić information content (AvgIpc) is 2.56. The van der Waals surface area contributed by atoms with Gasteiger partial charge in [0, 0.05) is 41.7 Å². The van der Waals surface area contributed by atoms with E-state index in [-0.39, 0.29) is 16.6 Å². The van der Waals surface area contributed by atoms with Crippen LogP contribution < -0.4 is 10.6 Å². The Morgan fingerprint density at radius 1 is 1.37 bits per heavy atom. The molecule has 1 aliphatic carbocycles. The van der Waals surface area contributed by atoms with Gasteiger partial charge in [0.05, 0.1) is 6.54 Å². The zero-order valence-corrected chi connectivity index (χ0v) is 17.6. The van der Waals surface area contributed by atoms with E-state index in [4.69, 9.17) is 4.99 Å². The number of hydrogen-bond donors (Lipinski definition) is 2. The van der Waals surface area contributed by atoms with Gasteiger partial charge in [-0.25, -0.2) is 4.99 Å². The number of carbonyl (C=O) groups is 1. The fourth-order valence-electron chi connectivity index (χ4n) is 3.45. The Hall–Kier alpha value is -1.69. The molecule has 1 heterocycles. The molecule has 1 amide bonds. The molecule has 1 aliphatic heterocycles. The van der Waals surface area contributed by atoms with Crippen molar-refractivity contribution in [2.75, 3.05) is 30.7 Å². The number of nitrogens with one attached hydrogen (secondary N) is 2. The first-order chi connectivity index (χ1) is 13.0. The standard InChI is InChI=1S/C21H32N4OS/c1-4-22-20(25-11-12-27-21(2,3)15-25)23-14-16-7-5-10-18(13-16)24-19(26)17-8-6-9-17/h5,7,10,13,17H,4,6,8-9,11-12,14-15H2,1-3H3,(H,22,23)(H,24,26).